The molecule has 1 aromatic rings. The van der Waals surface area contributed by atoms with Gasteiger partial charge in [-0.1, -0.05) is 0 Å². The summed E-state index contributed by atoms with van der Waals surface area (Å²) >= 11 is -2.28. The van der Waals surface area contributed by atoms with E-state index < -0.39 is 18.4 Å². The van der Waals surface area contributed by atoms with Crippen molar-refractivity contribution in [2.75, 3.05) is 0 Å². The zero-order chi connectivity index (χ0) is 15.6. The molecule has 0 radical (unpaired) electrons. The van der Waals surface area contributed by atoms with Crippen molar-refractivity contribution >= 4 is 22.0 Å². The van der Waals surface area contributed by atoms with E-state index in [1.165, 1.54) is 57.4 Å². The van der Waals surface area contributed by atoms with E-state index in [1.807, 2.05) is 0 Å². The second kappa shape index (κ2) is 10.5. The van der Waals surface area contributed by atoms with Gasteiger partial charge < -0.3 is 0 Å². The molecule has 1 heteroatoms. The molecule has 0 atom stereocenters. The van der Waals surface area contributed by atoms with Gasteiger partial charge in [0.15, 0.2) is 0 Å². The molecule has 0 saturated heterocycles. The molecule has 0 aliphatic rings. The SMILES string of the molecule is C=[C](c1ccccc1)[Sn]([CH2]CCC)([CH2]CCC)[CH2]CCC. The topological polar surface area (TPSA) is 0 Å². The molecule has 21 heavy (non-hydrogen) atoms. The van der Waals surface area contributed by atoms with Gasteiger partial charge in [0, 0.05) is 0 Å². The Hall–Kier alpha value is -0.241. The first kappa shape index (κ1) is 18.8. The third-order valence-corrected chi connectivity index (χ3v) is 20.5. The Morgan fingerprint density at radius 2 is 1.24 bits per heavy atom. The van der Waals surface area contributed by atoms with Gasteiger partial charge in [-0.05, 0) is 0 Å². The second-order valence-electron chi connectivity index (χ2n) is 6.44. The summed E-state index contributed by atoms with van der Waals surface area (Å²) in [5, 5.41) is 0. The average Bonchev–Trinajstić information content (AvgIpc) is 2.55. The van der Waals surface area contributed by atoms with Crippen LogP contribution in [-0.4, -0.2) is 18.4 Å². The zero-order valence-corrected chi connectivity index (χ0v) is 17.3. The van der Waals surface area contributed by atoms with Crippen molar-refractivity contribution in [3.63, 3.8) is 0 Å². The number of rotatable bonds is 11. The van der Waals surface area contributed by atoms with Gasteiger partial charge in [-0.15, -0.1) is 0 Å². The van der Waals surface area contributed by atoms with Crippen LogP contribution in [0.5, 0.6) is 0 Å². The van der Waals surface area contributed by atoms with Crippen molar-refractivity contribution in [2.24, 2.45) is 0 Å². The number of unbranched alkanes of at least 4 members (excludes halogenated alkanes) is 3. The maximum absolute atomic E-state index is 4.65. The molecule has 0 nitrogen and oxygen atoms in total. The first-order chi connectivity index (χ1) is 10.2. The van der Waals surface area contributed by atoms with Crippen LogP contribution in [0.25, 0.3) is 3.59 Å². The molecule has 1 rings (SSSR count). The first-order valence-corrected chi connectivity index (χ1v) is 16.4. The van der Waals surface area contributed by atoms with Gasteiger partial charge in [0.1, 0.15) is 0 Å². The van der Waals surface area contributed by atoms with Crippen LogP contribution in [0.2, 0.25) is 13.3 Å². The van der Waals surface area contributed by atoms with E-state index >= 15 is 0 Å². The Kier molecular flexibility index (Phi) is 9.38. The minimum atomic E-state index is -2.28. The predicted molar refractivity (Wildman–Crippen MR) is 100 cm³/mol. The molecule has 0 saturated carbocycles. The summed E-state index contributed by atoms with van der Waals surface area (Å²) in [5.41, 5.74) is 1.44. The fraction of sp³-hybridized carbons (Fsp3) is 0.600. The second-order valence-corrected chi connectivity index (χ2v) is 19.7. The van der Waals surface area contributed by atoms with E-state index in [0.717, 1.165) is 0 Å². The van der Waals surface area contributed by atoms with Gasteiger partial charge in [-0.3, -0.25) is 0 Å². The van der Waals surface area contributed by atoms with Gasteiger partial charge in [0.2, 0.25) is 0 Å². The van der Waals surface area contributed by atoms with Crippen LogP contribution in [0.1, 0.15) is 64.9 Å². The number of hydrogen-bond donors (Lipinski definition) is 0. The number of hydrogen-bond acceptors (Lipinski definition) is 0. The molecule has 0 aliphatic heterocycles. The number of benzene rings is 1. The van der Waals surface area contributed by atoms with Gasteiger partial charge >= 0.3 is 137 Å². The van der Waals surface area contributed by atoms with E-state index in [4.69, 9.17) is 0 Å². The molecule has 0 bridgehead atoms. The van der Waals surface area contributed by atoms with E-state index in [1.54, 1.807) is 3.59 Å². The summed E-state index contributed by atoms with van der Waals surface area (Å²) in [6.07, 6.45) is 8.23. The van der Waals surface area contributed by atoms with Gasteiger partial charge in [-0.2, -0.15) is 0 Å². The molecule has 0 spiro atoms. The summed E-state index contributed by atoms with van der Waals surface area (Å²) in [7, 11) is 0. The van der Waals surface area contributed by atoms with Crippen molar-refractivity contribution in [1.29, 1.82) is 0 Å². The minimum absolute atomic E-state index is 1.33. The van der Waals surface area contributed by atoms with Crippen molar-refractivity contribution < 1.29 is 0 Å². The summed E-state index contributed by atoms with van der Waals surface area (Å²) < 4.78 is 6.14. The van der Waals surface area contributed by atoms with Gasteiger partial charge in [-0.25, -0.2) is 0 Å². The van der Waals surface area contributed by atoms with Crippen LogP contribution in [0, 0.1) is 0 Å². The molecule has 0 amide bonds. The quantitative estimate of drug-likeness (QED) is 0.352. The Balaban J connectivity index is 3.02. The third kappa shape index (κ3) is 5.81. The van der Waals surface area contributed by atoms with Crippen LogP contribution in [0.4, 0.5) is 0 Å². The van der Waals surface area contributed by atoms with Crippen molar-refractivity contribution in [2.45, 2.75) is 72.6 Å². The van der Waals surface area contributed by atoms with E-state index in [-0.39, 0.29) is 0 Å². The molecule has 0 aromatic heterocycles. The van der Waals surface area contributed by atoms with Crippen LogP contribution >= 0.6 is 0 Å². The third-order valence-electron chi connectivity index (χ3n) is 4.79. The van der Waals surface area contributed by atoms with Crippen LogP contribution in [0.3, 0.4) is 0 Å². The predicted octanol–water partition coefficient (Wildman–Crippen LogP) is 7.09. The molecular weight excluding hydrogens is 359 g/mol. The van der Waals surface area contributed by atoms with Crippen molar-refractivity contribution in [3.05, 3.63) is 42.5 Å². The normalized spacial score (nSPS) is 11.6. The fourth-order valence-corrected chi connectivity index (χ4v) is 19.1. The Bertz CT molecular complexity index is 372. The molecule has 0 heterocycles. The Labute approximate surface area is 136 Å². The van der Waals surface area contributed by atoms with Gasteiger partial charge in [0.05, 0.1) is 0 Å². The zero-order valence-electron chi connectivity index (χ0n) is 14.5. The summed E-state index contributed by atoms with van der Waals surface area (Å²) in [6, 6.07) is 11.1. The van der Waals surface area contributed by atoms with Crippen LogP contribution in [-0.2, 0) is 0 Å². The average molecular weight is 393 g/mol. The molecule has 1 aromatic carbocycles. The molecule has 0 aliphatic carbocycles. The van der Waals surface area contributed by atoms with E-state index in [2.05, 4.69) is 57.7 Å². The standard InChI is InChI=1S/C8H7.3C4H9.Sn/c1-2-8-6-4-3-5-7-8;3*1-3-4-2;/h3-7H,1H2;3*1,3-4H2,2H3;. The van der Waals surface area contributed by atoms with Gasteiger partial charge in [0.25, 0.3) is 0 Å². The molecule has 118 valence electrons. The van der Waals surface area contributed by atoms with Crippen LogP contribution < -0.4 is 0 Å². The fourth-order valence-electron chi connectivity index (χ4n) is 3.32. The Morgan fingerprint density at radius 1 is 0.810 bits per heavy atom. The van der Waals surface area contributed by atoms with Crippen molar-refractivity contribution in [3.8, 4) is 0 Å². The van der Waals surface area contributed by atoms with Crippen molar-refractivity contribution in [1.82, 2.24) is 0 Å². The van der Waals surface area contributed by atoms with Crippen LogP contribution in [0.15, 0.2) is 36.9 Å². The first-order valence-electron chi connectivity index (χ1n) is 8.95. The molecule has 0 N–H and O–H groups in total. The summed E-state index contributed by atoms with van der Waals surface area (Å²) in [6.45, 7) is 11.7. The molecule has 0 fully saturated rings. The van der Waals surface area contributed by atoms with E-state index in [9.17, 15) is 0 Å². The summed E-state index contributed by atoms with van der Waals surface area (Å²) in [4.78, 5) is 0. The molecular formula is C20H34Sn. The van der Waals surface area contributed by atoms with E-state index in [0.29, 0.717) is 0 Å². The monoisotopic (exact) mass is 394 g/mol. The Morgan fingerprint density at radius 3 is 1.62 bits per heavy atom. The molecule has 0 unspecified atom stereocenters. The summed E-state index contributed by atoms with van der Waals surface area (Å²) in [5.74, 6) is 0. The maximum atomic E-state index is 4.65.